The van der Waals surface area contributed by atoms with Gasteiger partial charge in [0.05, 0.1) is 19.1 Å². The number of carbonyl (C=O) groups is 1. The topological polar surface area (TPSA) is 102 Å². The van der Waals surface area contributed by atoms with E-state index in [0.29, 0.717) is 24.1 Å². The summed E-state index contributed by atoms with van der Waals surface area (Å²) in [5.41, 5.74) is 3.15. The number of aliphatic hydroxyl groups excluding tert-OH is 2. The number of phenols is 1. The Kier molecular flexibility index (Phi) is 8.64. The molecule has 0 heterocycles. The summed E-state index contributed by atoms with van der Waals surface area (Å²) in [5, 5.41) is 35.5. The third-order valence-corrected chi connectivity index (χ3v) is 4.67. The molecule has 2 aromatic carbocycles. The van der Waals surface area contributed by atoms with E-state index in [1.165, 1.54) is 6.07 Å². The van der Waals surface area contributed by atoms with Crippen LogP contribution in [0.15, 0.2) is 42.5 Å². The lowest BCUT2D eigenvalue weighted by atomic mass is 10.0. The summed E-state index contributed by atoms with van der Waals surface area (Å²) in [5.74, 6) is 0.0364. The zero-order chi connectivity index (χ0) is 21.4. The molecule has 0 bridgehead atoms. The first kappa shape index (κ1) is 22.9. The van der Waals surface area contributed by atoms with Crippen molar-refractivity contribution < 1.29 is 20.1 Å². The quantitative estimate of drug-likeness (QED) is 0.421. The predicted octanol–water partition coefficient (Wildman–Crippen LogP) is 2.21. The lowest BCUT2D eigenvalue weighted by Crippen LogP contribution is -2.32. The number of nitrogens with one attached hydrogen (secondary N) is 2. The van der Waals surface area contributed by atoms with Crippen LogP contribution in [0.2, 0.25) is 0 Å². The molecule has 0 unspecified atom stereocenters. The van der Waals surface area contributed by atoms with E-state index >= 15 is 0 Å². The van der Waals surface area contributed by atoms with Crippen LogP contribution < -0.4 is 10.6 Å². The molecule has 0 spiro atoms. The third-order valence-electron chi connectivity index (χ3n) is 4.67. The minimum Gasteiger partial charge on any atom is -0.508 e. The largest absolute Gasteiger partial charge is 0.508 e. The molecule has 6 nitrogen and oxygen atoms in total. The van der Waals surface area contributed by atoms with Crippen molar-refractivity contribution in [3.63, 3.8) is 0 Å². The lowest BCUT2D eigenvalue weighted by Gasteiger charge is -2.18. The van der Waals surface area contributed by atoms with Crippen molar-refractivity contribution in [2.75, 3.05) is 6.54 Å². The van der Waals surface area contributed by atoms with Gasteiger partial charge in [-0.2, -0.15) is 0 Å². The number of rotatable bonds is 10. The molecule has 0 aliphatic rings. The minimum atomic E-state index is -0.741. The highest BCUT2D eigenvalue weighted by atomic mass is 16.3. The molecule has 0 saturated heterocycles. The molecule has 2 aromatic rings. The Hall–Kier alpha value is -2.41. The second-order valence-electron chi connectivity index (χ2n) is 7.79. The highest BCUT2D eigenvalue weighted by molar-refractivity contribution is 5.78. The molecule has 0 aromatic heterocycles. The standard InChI is InChI=1S/C23H32N2O4/c1-15(2)25-23(29)11-18-6-4-5-17(10-18)9-16(3)24-13-22(28)19-7-8-21(27)20(12-19)14-26/h4-8,10,12,15-16,22,24,26-28H,9,11,13-14H2,1-3H3,(H,25,29)/t16-,22+/m1/s1. The number of aromatic hydroxyl groups is 1. The summed E-state index contributed by atoms with van der Waals surface area (Å²) in [6, 6.07) is 13.0. The normalized spacial score (nSPS) is 13.3. The van der Waals surface area contributed by atoms with E-state index < -0.39 is 6.10 Å². The maximum absolute atomic E-state index is 12.0. The monoisotopic (exact) mass is 400 g/mol. The Morgan fingerprint density at radius 3 is 2.48 bits per heavy atom. The highest BCUT2D eigenvalue weighted by Crippen LogP contribution is 2.22. The lowest BCUT2D eigenvalue weighted by molar-refractivity contribution is -0.120. The Balaban J connectivity index is 1.88. The van der Waals surface area contributed by atoms with Crippen molar-refractivity contribution in [3.8, 4) is 5.75 Å². The molecule has 6 heteroatoms. The smallest absolute Gasteiger partial charge is 0.224 e. The SMILES string of the molecule is CC(C)NC(=O)Cc1cccc(C[C@@H](C)NC[C@H](O)c2ccc(O)c(CO)c2)c1. The van der Waals surface area contributed by atoms with Crippen LogP contribution in [0.3, 0.4) is 0 Å². The van der Waals surface area contributed by atoms with Gasteiger partial charge in [0, 0.05) is 24.2 Å². The summed E-state index contributed by atoms with van der Waals surface area (Å²) in [6.07, 6.45) is 0.388. The zero-order valence-electron chi connectivity index (χ0n) is 17.4. The second-order valence-corrected chi connectivity index (χ2v) is 7.79. The van der Waals surface area contributed by atoms with Crippen LogP contribution in [0.4, 0.5) is 0 Å². The van der Waals surface area contributed by atoms with Gasteiger partial charge in [-0.25, -0.2) is 0 Å². The molecule has 1 amide bonds. The first-order valence-corrected chi connectivity index (χ1v) is 9.99. The van der Waals surface area contributed by atoms with Crippen molar-refractivity contribution >= 4 is 5.91 Å². The number of aliphatic hydroxyl groups is 2. The van der Waals surface area contributed by atoms with Crippen LogP contribution in [-0.2, 0) is 24.2 Å². The van der Waals surface area contributed by atoms with Crippen LogP contribution in [0.1, 0.15) is 49.1 Å². The van der Waals surface area contributed by atoms with Gasteiger partial charge in [-0.05, 0) is 56.0 Å². The molecule has 0 fully saturated rings. The average Bonchev–Trinajstić information content (AvgIpc) is 2.66. The summed E-state index contributed by atoms with van der Waals surface area (Å²) in [4.78, 5) is 12.0. The van der Waals surface area contributed by atoms with Crippen molar-refractivity contribution in [2.24, 2.45) is 0 Å². The van der Waals surface area contributed by atoms with Gasteiger partial charge < -0.3 is 26.0 Å². The predicted molar refractivity (Wildman–Crippen MR) is 114 cm³/mol. The molecule has 0 aliphatic heterocycles. The Labute approximate surface area is 172 Å². The van der Waals surface area contributed by atoms with Gasteiger partial charge >= 0.3 is 0 Å². The minimum absolute atomic E-state index is 0.0163. The summed E-state index contributed by atoms with van der Waals surface area (Å²) >= 11 is 0. The first-order chi connectivity index (χ1) is 13.8. The number of benzene rings is 2. The molecule has 0 radical (unpaired) electrons. The average molecular weight is 401 g/mol. The van der Waals surface area contributed by atoms with Gasteiger partial charge in [-0.3, -0.25) is 4.79 Å². The molecule has 2 atom stereocenters. The number of hydrogen-bond acceptors (Lipinski definition) is 5. The van der Waals surface area contributed by atoms with Gasteiger partial charge in [0.25, 0.3) is 0 Å². The van der Waals surface area contributed by atoms with E-state index in [1.807, 2.05) is 45.0 Å². The molecule has 0 saturated carbocycles. The number of hydrogen-bond donors (Lipinski definition) is 5. The molecular weight excluding hydrogens is 368 g/mol. The second kappa shape index (κ2) is 11.0. The van der Waals surface area contributed by atoms with Crippen LogP contribution >= 0.6 is 0 Å². The van der Waals surface area contributed by atoms with Crippen LogP contribution in [-0.4, -0.2) is 39.9 Å². The fraction of sp³-hybridized carbons (Fsp3) is 0.435. The summed E-state index contributed by atoms with van der Waals surface area (Å²) in [7, 11) is 0. The van der Waals surface area contributed by atoms with Crippen molar-refractivity contribution in [3.05, 3.63) is 64.7 Å². The Morgan fingerprint density at radius 2 is 1.79 bits per heavy atom. The van der Waals surface area contributed by atoms with Crippen molar-refractivity contribution in [2.45, 2.75) is 58.4 Å². The van der Waals surface area contributed by atoms with Gasteiger partial charge in [-0.15, -0.1) is 0 Å². The van der Waals surface area contributed by atoms with E-state index in [0.717, 1.165) is 17.5 Å². The zero-order valence-corrected chi connectivity index (χ0v) is 17.4. The van der Waals surface area contributed by atoms with Crippen molar-refractivity contribution in [1.29, 1.82) is 0 Å². The fourth-order valence-electron chi connectivity index (χ4n) is 3.22. The van der Waals surface area contributed by atoms with Gasteiger partial charge in [0.15, 0.2) is 0 Å². The van der Waals surface area contributed by atoms with Gasteiger partial charge in [-0.1, -0.05) is 30.3 Å². The Bertz CT molecular complexity index is 807. The van der Waals surface area contributed by atoms with E-state index in [4.69, 9.17) is 0 Å². The summed E-state index contributed by atoms with van der Waals surface area (Å²) in [6.45, 7) is 6.01. The van der Waals surface area contributed by atoms with Gasteiger partial charge in [0.1, 0.15) is 5.75 Å². The fourth-order valence-corrected chi connectivity index (χ4v) is 3.22. The van der Waals surface area contributed by atoms with Crippen LogP contribution in [0.25, 0.3) is 0 Å². The highest BCUT2D eigenvalue weighted by Gasteiger charge is 2.13. The molecular formula is C23H32N2O4. The number of amides is 1. The van der Waals surface area contributed by atoms with E-state index in [1.54, 1.807) is 12.1 Å². The maximum atomic E-state index is 12.0. The molecule has 2 rings (SSSR count). The van der Waals surface area contributed by atoms with Gasteiger partial charge in [0.2, 0.25) is 5.91 Å². The van der Waals surface area contributed by atoms with Crippen LogP contribution in [0, 0.1) is 0 Å². The summed E-state index contributed by atoms with van der Waals surface area (Å²) < 4.78 is 0. The molecule has 158 valence electrons. The maximum Gasteiger partial charge on any atom is 0.224 e. The molecule has 29 heavy (non-hydrogen) atoms. The molecule has 5 N–H and O–H groups in total. The van der Waals surface area contributed by atoms with E-state index in [2.05, 4.69) is 10.6 Å². The number of carbonyl (C=O) groups excluding carboxylic acids is 1. The third kappa shape index (κ3) is 7.49. The first-order valence-electron chi connectivity index (χ1n) is 9.99. The van der Waals surface area contributed by atoms with Crippen molar-refractivity contribution in [1.82, 2.24) is 10.6 Å². The molecule has 0 aliphatic carbocycles. The Morgan fingerprint density at radius 1 is 1.07 bits per heavy atom. The van der Waals surface area contributed by atoms with E-state index in [9.17, 15) is 20.1 Å². The van der Waals surface area contributed by atoms with Crippen LogP contribution in [0.5, 0.6) is 5.75 Å². The van der Waals surface area contributed by atoms with E-state index in [-0.39, 0.29) is 30.3 Å².